The molecule has 0 aliphatic heterocycles. The highest BCUT2D eigenvalue weighted by atomic mass is 19.3. The van der Waals surface area contributed by atoms with E-state index in [0.29, 0.717) is 4.90 Å². The highest BCUT2D eigenvalue weighted by molar-refractivity contribution is 5.86. The molecule has 0 spiro atoms. The van der Waals surface area contributed by atoms with Crippen molar-refractivity contribution in [1.82, 2.24) is 10.2 Å². The van der Waals surface area contributed by atoms with Crippen molar-refractivity contribution in [2.75, 3.05) is 19.7 Å². The van der Waals surface area contributed by atoms with Gasteiger partial charge in [-0.1, -0.05) is 0 Å². The Morgan fingerprint density at radius 1 is 1.21 bits per heavy atom. The van der Waals surface area contributed by atoms with E-state index in [1.54, 1.807) is 5.32 Å². The van der Waals surface area contributed by atoms with Gasteiger partial charge in [-0.05, 0) is 0 Å². The molecule has 8 nitrogen and oxygen atoms in total. The number of urea groups is 1. The van der Waals surface area contributed by atoms with Crippen molar-refractivity contribution in [2.24, 2.45) is 0 Å². The van der Waals surface area contributed by atoms with Crippen LogP contribution in [0.3, 0.4) is 0 Å². The Morgan fingerprint density at radius 3 is 2.16 bits per heavy atom. The second-order valence-electron chi connectivity index (χ2n) is 3.50. The SMILES string of the molecule is O=C(O)C[C@H](NC(=O)N(CCO)CC(F)F)C(=O)O. The van der Waals surface area contributed by atoms with Gasteiger partial charge in [0.1, 0.15) is 6.04 Å². The quantitative estimate of drug-likeness (QED) is 0.461. The Hall–Kier alpha value is -1.97. The summed E-state index contributed by atoms with van der Waals surface area (Å²) in [4.78, 5) is 33.0. The van der Waals surface area contributed by atoms with E-state index in [4.69, 9.17) is 15.3 Å². The summed E-state index contributed by atoms with van der Waals surface area (Å²) in [5.41, 5.74) is 0. The smallest absolute Gasteiger partial charge is 0.326 e. The van der Waals surface area contributed by atoms with Crippen LogP contribution in [0, 0.1) is 0 Å². The van der Waals surface area contributed by atoms with Gasteiger partial charge in [-0.15, -0.1) is 0 Å². The maximum absolute atomic E-state index is 12.2. The lowest BCUT2D eigenvalue weighted by Gasteiger charge is -2.23. The molecule has 0 bridgehead atoms. The van der Waals surface area contributed by atoms with Gasteiger partial charge in [0.25, 0.3) is 6.43 Å². The summed E-state index contributed by atoms with van der Waals surface area (Å²) in [6.45, 7) is -2.00. The molecule has 0 radical (unpaired) electrons. The molecule has 0 aromatic heterocycles. The van der Waals surface area contributed by atoms with Gasteiger partial charge in [0, 0.05) is 6.54 Å². The van der Waals surface area contributed by atoms with Gasteiger partial charge < -0.3 is 25.5 Å². The lowest BCUT2D eigenvalue weighted by atomic mass is 10.2. The van der Waals surface area contributed by atoms with Crippen LogP contribution in [0.25, 0.3) is 0 Å². The minimum atomic E-state index is -2.86. The second kappa shape index (κ2) is 8.19. The van der Waals surface area contributed by atoms with E-state index in [1.807, 2.05) is 0 Å². The number of aliphatic hydroxyl groups is 1. The number of hydrogen-bond donors (Lipinski definition) is 4. The van der Waals surface area contributed by atoms with E-state index in [9.17, 15) is 23.2 Å². The fourth-order valence-corrected chi connectivity index (χ4v) is 1.18. The Bertz CT molecular complexity index is 339. The number of carbonyl (C=O) groups is 3. The standard InChI is InChI=1S/C9H14F2N2O6/c10-6(11)4-13(1-2-14)9(19)12-5(8(17)18)3-7(15)16/h5-6,14H,1-4H2,(H,12,19)(H,15,16)(H,17,18)/t5-/m0/s1. The minimum Gasteiger partial charge on any atom is -0.481 e. The second-order valence-corrected chi connectivity index (χ2v) is 3.50. The van der Waals surface area contributed by atoms with E-state index in [1.165, 1.54) is 0 Å². The summed E-state index contributed by atoms with van der Waals surface area (Å²) in [5, 5.41) is 27.5. The van der Waals surface area contributed by atoms with Gasteiger partial charge >= 0.3 is 18.0 Å². The zero-order chi connectivity index (χ0) is 15.0. The highest BCUT2D eigenvalue weighted by Gasteiger charge is 2.26. The maximum Gasteiger partial charge on any atom is 0.326 e. The number of nitrogens with zero attached hydrogens (tertiary/aromatic N) is 1. The minimum absolute atomic E-state index is 0.421. The first-order valence-corrected chi connectivity index (χ1v) is 5.17. The molecule has 110 valence electrons. The first-order valence-electron chi connectivity index (χ1n) is 5.17. The molecule has 1 atom stereocenters. The molecule has 0 unspecified atom stereocenters. The van der Waals surface area contributed by atoms with Crippen LogP contribution in [0.4, 0.5) is 13.6 Å². The first kappa shape index (κ1) is 17.0. The maximum atomic E-state index is 12.2. The molecular weight excluding hydrogens is 270 g/mol. The van der Waals surface area contributed by atoms with Crippen LogP contribution in [0.2, 0.25) is 0 Å². The third kappa shape index (κ3) is 7.13. The van der Waals surface area contributed by atoms with Gasteiger partial charge in [-0.2, -0.15) is 0 Å². The molecule has 0 heterocycles. The monoisotopic (exact) mass is 284 g/mol. The highest BCUT2D eigenvalue weighted by Crippen LogP contribution is 2.01. The molecule has 0 saturated carbocycles. The largest absolute Gasteiger partial charge is 0.481 e. The molecule has 0 aliphatic carbocycles. The number of carbonyl (C=O) groups excluding carboxylic acids is 1. The number of halogens is 2. The van der Waals surface area contributed by atoms with Crippen LogP contribution in [0.5, 0.6) is 0 Å². The van der Waals surface area contributed by atoms with Gasteiger partial charge in [0.2, 0.25) is 0 Å². The van der Waals surface area contributed by atoms with Gasteiger partial charge in [0.15, 0.2) is 0 Å². The average Bonchev–Trinajstić information content (AvgIpc) is 2.26. The molecule has 0 aliphatic rings. The van der Waals surface area contributed by atoms with Crippen molar-refractivity contribution < 1.29 is 38.5 Å². The Labute approximate surface area is 106 Å². The van der Waals surface area contributed by atoms with Crippen molar-refractivity contribution >= 4 is 18.0 Å². The number of hydrogen-bond acceptors (Lipinski definition) is 4. The first-order chi connectivity index (χ1) is 8.77. The van der Waals surface area contributed by atoms with Crippen LogP contribution in [0.15, 0.2) is 0 Å². The molecule has 0 rings (SSSR count). The molecule has 4 N–H and O–H groups in total. The molecular formula is C9H14F2N2O6. The predicted molar refractivity (Wildman–Crippen MR) is 56.9 cm³/mol. The normalized spacial score (nSPS) is 12.0. The number of carboxylic acids is 2. The number of aliphatic carboxylic acids is 2. The fourth-order valence-electron chi connectivity index (χ4n) is 1.18. The summed E-state index contributed by atoms with van der Waals surface area (Å²) < 4.78 is 24.3. The van der Waals surface area contributed by atoms with Crippen molar-refractivity contribution in [3.8, 4) is 0 Å². The number of alkyl halides is 2. The van der Waals surface area contributed by atoms with Crippen molar-refractivity contribution in [3.63, 3.8) is 0 Å². The van der Waals surface area contributed by atoms with Gasteiger partial charge in [-0.25, -0.2) is 18.4 Å². The van der Waals surface area contributed by atoms with E-state index < -0.39 is 56.6 Å². The molecule has 10 heteroatoms. The van der Waals surface area contributed by atoms with E-state index in [2.05, 4.69) is 0 Å². The Balaban J connectivity index is 4.65. The van der Waals surface area contributed by atoms with Gasteiger partial charge in [0.05, 0.1) is 19.6 Å². The van der Waals surface area contributed by atoms with E-state index in [-0.39, 0.29) is 0 Å². The van der Waals surface area contributed by atoms with Gasteiger partial charge in [-0.3, -0.25) is 4.79 Å². The number of carboxylic acid groups (broad SMARTS) is 2. The molecule has 0 aromatic carbocycles. The van der Waals surface area contributed by atoms with Crippen molar-refractivity contribution in [3.05, 3.63) is 0 Å². The van der Waals surface area contributed by atoms with Crippen LogP contribution in [-0.2, 0) is 9.59 Å². The summed E-state index contributed by atoms with van der Waals surface area (Å²) in [7, 11) is 0. The van der Waals surface area contributed by atoms with Crippen LogP contribution in [-0.4, -0.2) is 70.4 Å². The van der Waals surface area contributed by atoms with Crippen molar-refractivity contribution in [2.45, 2.75) is 18.9 Å². The molecule has 0 aromatic rings. The zero-order valence-electron chi connectivity index (χ0n) is 9.75. The van der Waals surface area contributed by atoms with E-state index >= 15 is 0 Å². The van der Waals surface area contributed by atoms with Crippen LogP contribution < -0.4 is 5.32 Å². The molecule has 0 saturated heterocycles. The summed E-state index contributed by atoms with van der Waals surface area (Å²) in [6.07, 6.45) is -3.75. The number of rotatable bonds is 8. The predicted octanol–water partition coefficient (Wildman–Crippen LogP) is -0.817. The Morgan fingerprint density at radius 2 is 1.79 bits per heavy atom. The molecule has 2 amide bonds. The lowest BCUT2D eigenvalue weighted by Crippen LogP contribution is -2.50. The van der Waals surface area contributed by atoms with Crippen LogP contribution >= 0.6 is 0 Å². The molecule has 19 heavy (non-hydrogen) atoms. The zero-order valence-corrected chi connectivity index (χ0v) is 9.75. The van der Waals surface area contributed by atoms with E-state index in [0.717, 1.165) is 0 Å². The van der Waals surface area contributed by atoms with Crippen LogP contribution in [0.1, 0.15) is 6.42 Å². The third-order valence-corrected chi connectivity index (χ3v) is 1.99. The summed E-state index contributed by atoms with van der Waals surface area (Å²) in [6, 6.07) is -2.91. The average molecular weight is 284 g/mol. The molecule has 0 fully saturated rings. The number of nitrogens with one attached hydrogen (secondary N) is 1. The Kier molecular flexibility index (Phi) is 7.34. The lowest BCUT2D eigenvalue weighted by molar-refractivity contribution is -0.145. The fraction of sp³-hybridized carbons (Fsp3) is 0.667. The topological polar surface area (TPSA) is 127 Å². The third-order valence-electron chi connectivity index (χ3n) is 1.99. The number of aliphatic hydroxyl groups excluding tert-OH is 1. The number of amides is 2. The van der Waals surface area contributed by atoms with Crippen molar-refractivity contribution in [1.29, 1.82) is 0 Å². The summed E-state index contributed by atoms with van der Waals surface area (Å²) in [5.74, 6) is -3.06. The summed E-state index contributed by atoms with van der Waals surface area (Å²) >= 11 is 0.